The fraction of sp³-hybridized carbons (Fsp3) is 0.667. The van der Waals surface area contributed by atoms with Crippen LogP contribution in [0.15, 0.2) is 10.6 Å². The molecule has 7 heteroatoms. The van der Waals surface area contributed by atoms with E-state index in [0.717, 1.165) is 16.7 Å². The largest absolute Gasteiger partial charge is 0.477 e. The highest BCUT2D eigenvalue weighted by molar-refractivity contribution is 8.04. The van der Waals surface area contributed by atoms with Crippen LogP contribution in [0.1, 0.15) is 26.5 Å². The van der Waals surface area contributed by atoms with Gasteiger partial charge in [0.15, 0.2) is 0 Å². The molecule has 0 aromatic rings. The van der Waals surface area contributed by atoms with E-state index in [-0.39, 0.29) is 10.6 Å². The number of nitrogens with zero attached hydrogens (tertiary/aromatic N) is 1. The van der Waals surface area contributed by atoms with Gasteiger partial charge in [-0.2, -0.15) is 0 Å². The number of aliphatic carboxylic acids is 1. The minimum atomic E-state index is -3.36. The lowest BCUT2D eigenvalue weighted by molar-refractivity contribution is -0.156. The van der Waals surface area contributed by atoms with Crippen LogP contribution in [0.25, 0.3) is 0 Å². The molecule has 4 atom stereocenters. The SMILES string of the molecule is [2H]C([2H])([2H])[C@@]([2H])(O)[C@@]1([2H])C(=O)N2C(C(=O)O)=C([C@H]3CCCO3)S[C@@H]21. The molecule has 0 spiro atoms. The van der Waals surface area contributed by atoms with Gasteiger partial charge in [0.1, 0.15) is 11.1 Å². The molecule has 19 heavy (non-hydrogen) atoms. The van der Waals surface area contributed by atoms with E-state index in [2.05, 4.69) is 0 Å². The summed E-state index contributed by atoms with van der Waals surface area (Å²) in [5, 5.41) is 18.2. The molecule has 2 fully saturated rings. The summed E-state index contributed by atoms with van der Waals surface area (Å²) >= 11 is 0.809. The van der Waals surface area contributed by atoms with Crippen molar-refractivity contribution in [2.75, 3.05) is 6.61 Å². The highest BCUT2D eigenvalue weighted by Crippen LogP contribution is 2.52. The Morgan fingerprint density at radius 3 is 3.16 bits per heavy atom. The molecular formula is C12H15NO5S. The number of hydrogen-bond acceptors (Lipinski definition) is 5. The third-order valence-corrected chi connectivity index (χ3v) is 4.70. The average molecular weight is 290 g/mol. The van der Waals surface area contributed by atoms with Gasteiger partial charge in [-0.15, -0.1) is 0 Å². The number of carbonyl (C=O) groups excluding carboxylic acids is 1. The summed E-state index contributed by atoms with van der Waals surface area (Å²) < 4.78 is 43.1. The van der Waals surface area contributed by atoms with Gasteiger partial charge in [0.25, 0.3) is 0 Å². The number of carboxylic acids is 1. The molecule has 0 radical (unpaired) electrons. The second-order valence-corrected chi connectivity index (χ2v) is 5.55. The number of thioether (sulfide) groups is 1. The number of β-lactam (4-membered cyclic amide) rings is 1. The fourth-order valence-electron chi connectivity index (χ4n) is 2.47. The van der Waals surface area contributed by atoms with Crippen molar-refractivity contribution in [2.45, 2.75) is 37.3 Å². The third kappa shape index (κ3) is 1.79. The quantitative estimate of drug-likeness (QED) is 0.730. The summed E-state index contributed by atoms with van der Waals surface area (Å²) in [6.07, 6.45) is -2.65. The Morgan fingerprint density at radius 2 is 2.58 bits per heavy atom. The van der Waals surface area contributed by atoms with Crippen molar-refractivity contribution in [3.05, 3.63) is 10.6 Å². The molecular weight excluding hydrogens is 270 g/mol. The highest BCUT2D eigenvalue weighted by Gasteiger charge is 2.58. The Morgan fingerprint density at radius 1 is 1.79 bits per heavy atom. The third-order valence-electron chi connectivity index (χ3n) is 3.32. The average Bonchev–Trinajstić information content (AvgIpc) is 3.10. The van der Waals surface area contributed by atoms with E-state index in [0.29, 0.717) is 19.4 Å². The maximum absolute atomic E-state index is 12.4. The van der Waals surface area contributed by atoms with Crippen LogP contribution in [0.3, 0.4) is 0 Å². The molecule has 0 aliphatic carbocycles. The zero-order valence-corrected chi connectivity index (χ0v) is 10.6. The Bertz CT molecular complexity index is 644. The lowest BCUT2D eigenvalue weighted by atomic mass is 9.92. The number of hydrogen-bond donors (Lipinski definition) is 2. The molecule has 0 bridgehead atoms. The monoisotopic (exact) mass is 290 g/mol. The van der Waals surface area contributed by atoms with Gasteiger partial charge in [0, 0.05) is 17.0 Å². The van der Waals surface area contributed by atoms with E-state index >= 15 is 0 Å². The summed E-state index contributed by atoms with van der Waals surface area (Å²) in [6, 6.07) is 0. The first kappa shape index (κ1) is 8.28. The number of amides is 1. The normalized spacial score (nSPS) is 45.4. The molecule has 6 nitrogen and oxygen atoms in total. The molecule has 0 unspecified atom stereocenters. The van der Waals surface area contributed by atoms with Crippen molar-refractivity contribution in [2.24, 2.45) is 5.89 Å². The molecule has 3 heterocycles. The lowest BCUT2D eigenvalue weighted by Gasteiger charge is -2.43. The predicted molar refractivity (Wildman–Crippen MR) is 67.0 cm³/mol. The molecule has 2 N–H and O–H groups in total. The molecule has 1 amide bonds. The number of aliphatic hydroxyl groups is 1. The smallest absolute Gasteiger partial charge is 0.353 e. The van der Waals surface area contributed by atoms with Gasteiger partial charge in [0.2, 0.25) is 5.91 Å². The van der Waals surface area contributed by atoms with Crippen LogP contribution in [-0.2, 0) is 14.3 Å². The Balaban J connectivity index is 2.00. The van der Waals surface area contributed by atoms with Crippen LogP contribution in [0.5, 0.6) is 0 Å². The number of ether oxygens (including phenoxy) is 1. The number of carboxylic acid groups (broad SMARTS) is 1. The van der Waals surface area contributed by atoms with Gasteiger partial charge < -0.3 is 14.9 Å². The van der Waals surface area contributed by atoms with E-state index in [1.54, 1.807) is 0 Å². The van der Waals surface area contributed by atoms with Crippen molar-refractivity contribution in [1.82, 2.24) is 4.90 Å². The predicted octanol–water partition coefficient (Wildman–Crippen LogP) is 0.374. The summed E-state index contributed by atoms with van der Waals surface area (Å²) in [6.45, 7) is -2.86. The first-order valence-corrected chi connectivity index (χ1v) is 6.64. The second kappa shape index (κ2) is 4.50. The molecule has 3 aliphatic heterocycles. The van der Waals surface area contributed by atoms with Gasteiger partial charge in [-0.25, -0.2) is 4.79 Å². The van der Waals surface area contributed by atoms with Crippen molar-refractivity contribution in [3.8, 4) is 0 Å². The van der Waals surface area contributed by atoms with Gasteiger partial charge >= 0.3 is 5.97 Å². The molecule has 0 aromatic heterocycles. The minimum absolute atomic E-state index is 0.230. The lowest BCUT2D eigenvalue weighted by Crippen LogP contribution is -2.60. The minimum Gasteiger partial charge on any atom is -0.477 e. The van der Waals surface area contributed by atoms with Crippen LogP contribution in [-0.4, -0.2) is 51.2 Å². The highest BCUT2D eigenvalue weighted by atomic mass is 32.2. The zero-order valence-electron chi connectivity index (χ0n) is 14.8. The van der Waals surface area contributed by atoms with Crippen LogP contribution in [0.4, 0.5) is 0 Å². The zero-order chi connectivity index (χ0) is 18.1. The van der Waals surface area contributed by atoms with Crippen molar-refractivity contribution < 1.29 is 31.4 Å². The maximum Gasteiger partial charge on any atom is 0.353 e. The first-order valence-electron chi connectivity index (χ1n) is 8.26. The van der Waals surface area contributed by atoms with Crippen LogP contribution in [0, 0.1) is 5.89 Å². The molecule has 0 saturated carbocycles. The Kier molecular flexibility index (Phi) is 1.96. The maximum atomic E-state index is 12.4. The van der Waals surface area contributed by atoms with Crippen LogP contribution >= 0.6 is 11.8 Å². The number of carbonyl (C=O) groups is 2. The van der Waals surface area contributed by atoms with E-state index in [4.69, 9.17) is 11.6 Å². The van der Waals surface area contributed by atoms with Gasteiger partial charge in [0.05, 0.1) is 19.4 Å². The van der Waals surface area contributed by atoms with Crippen molar-refractivity contribution >= 4 is 23.6 Å². The Hall–Kier alpha value is -1.05. The van der Waals surface area contributed by atoms with E-state index in [9.17, 15) is 19.8 Å². The van der Waals surface area contributed by atoms with E-state index in [1.165, 1.54) is 0 Å². The summed E-state index contributed by atoms with van der Waals surface area (Å²) in [5.41, 5.74) is -0.355. The van der Waals surface area contributed by atoms with Crippen molar-refractivity contribution in [1.29, 1.82) is 0 Å². The molecule has 3 rings (SSSR count). The van der Waals surface area contributed by atoms with Gasteiger partial charge in [-0.1, -0.05) is 11.8 Å². The molecule has 104 valence electrons. The summed E-state index contributed by atoms with van der Waals surface area (Å²) in [7, 11) is 0. The number of rotatable bonds is 3. The summed E-state index contributed by atoms with van der Waals surface area (Å²) in [4.78, 5) is 25.0. The van der Waals surface area contributed by atoms with Crippen LogP contribution < -0.4 is 0 Å². The van der Waals surface area contributed by atoms with E-state index < -0.39 is 42.2 Å². The summed E-state index contributed by atoms with van der Waals surface area (Å²) in [5.74, 6) is -5.29. The van der Waals surface area contributed by atoms with Gasteiger partial charge in [-0.3, -0.25) is 9.69 Å². The topological polar surface area (TPSA) is 87.1 Å². The molecule has 2 saturated heterocycles. The number of fused-ring (bicyclic) bond motifs is 1. The molecule has 3 aliphatic rings. The second-order valence-electron chi connectivity index (χ2n) is 4.43. The molecule has 0 aromatic carbocycles. The van der Waals surface area contributed by atoms with E-state index in [1.807, 2.05) is 0 Å². The fourth-order valence-corrected chi connectivity index (χ4v) is 3.98. The standard InChI is InChI=1S/C12H15NO5S/c1-5(14)7-10(15)13-8(12(16)17)9(19-11(7)13)6-3-2-4-18-6/h5-7,11,14H,2-4H2,1H3,(H,16,17)/t5-,6-,7+,11-/m1/s1/i1D3,5D,7D. The van der Waals surface area contributed by atoms with Crippen LogP contribution in [0.2, 0.25) is 0 Å². The van der Waals surface area contributed by atoms with Crippen molar-refractivity contribution in [3.63, 3.8) is 0 Å². The first-order chi connectivity index (χ1) is 10.9. The van der Waals surface area contributed by atoms with Gasteiger partial charge in [-0.05, 0) is 19.7 Å². The Labute approximate surface area is 121 Å².